The van der Waals surface area contributed by atoms with E-state index in [0.717, 1.165) is 0 Å². The molecule has 0 rings (SSSR count). The molecule has 0 aromatic carbocycles. The average molecular weight is 173 g/mol. The predicted octanol–water partition coefficient (Wildman–Crippen LogP) is -1.59. The summed E-state index contributed by atoms with van der Waals surface area (Å²) in [5.41, 5.74) is 0. The topological polar surface area (TPSA) is 0 Å². The molecule has 0 saturated carbocycles. The summed E-state index contributed by atoms with van der Waals surface area (Å²) in [5.74, 6) is 1.27. The first-order valence-corrected chi connectivity index (χ1v) is 1.70. The van der Waals surface area contributed by atoms with E-state index in [1.807, 2.05) is 19.9 Å². The molecule has 0 fully saturated rings. The Morgan fingerprint density at radius 3 is 1.57 bits per heavy atom. The van der Waals surface area contributed by atoms with Crippen LogP contribution in [0.25, 0.3) is 0 Å². The Hall–Kier alpha value is 0.856. The summed E-state index contributed by atoms with van der Waals surface area (Å²) in [5, 5.41) is 0. The second-order valence-corrected chi connectivity index (χ2v) is 1.28. The predicted molar refractivity (Wildman–Crippen MR) is 30.5 cm³/mol. The fraction of sp³-hybridized carbons (Fsp3) is 0.400. The van der Waals surface area contributed by atoms with E-state index >= 15 is 0 Å². The summed E-state index contributed by atoms with van der Waals surface area (Å²) in [6.07, 6.45) is 1.83. The molecule has 0 bridgehead atoms. The Labute approximate surface area is 72.3 Å². The number of hydrogen-bond acceptors (Lipinski definition) is 0. The third-order valence-corrected chi connectivity index (χ3v) is 0.408. The second kappa shape index (κ2) is 9.97. The van der Waals surface area contributed by atoms with E-state index in [2.05, 4.69) is 6.58 Å². The van der Waals surface area contributed by atoms with Gasteiger partial charge in [-0.25, -0.2) is 18.6 Å². The van der Waals surface area contributed by atoms with Crippen LogP contribution in [0.5, 0.6) is 0 Å². The smallest absolute Gasteiger partial charge is 1.00 e. The first kappa shape index (κ1) is 15.7. The maximum Gasteiger partial charge on any atom is 2.00 e. The molecule has 0 aromatic heterocycles. The normalized spacial score (nSPS) is 4.86. The van der Waals surface area contributed by atoms with Gasteiger partial charge in [-0.2, -0.15) is 0 Å². The molecule has 0 unspecified atom stereocenters. The van der Waals surface area contributed by atoms with Crippen LogP contribution in [0.3, 0.4) is 0 Å². The van der Waals surface area contributed by atoms with E-state index in [1.54, 1.807) is 0 Å². The first-order valence-electron chi connectivity index (χ1n) is 1.70. The minimum Gasteiger partial charge on any atom is -1.00 e. The van der Waals surface area contributed by atoms with E-state index in [-0.39, 0.29) is 40.0 Å². The number of halogens is 1. The third-order valence-electron chi connectivity index (χ3n) is 0.408. The van der Waals surface area contributed by atoms with E-state index in [0.29, 0.717) is 0 Å². The van der Waals surface area contributed by atoms with Crippen LogP contribution in [0.2, 0.25) is 0 Å². The molecule has 0 aliphatic carbocycles. The van der Waals surface area contributed by atoms with Gasteiger partial charge in [0.1, 0.15) is 0 Å². The summed E-state index contributed by atoms with van der Waals surface area (Å²) in [4.78, 5) is 0. The molecule has 0 nitrogen and oxygen atoms in total. The van der Waals surface area contributed by atoms with Crippen LogP contribution in [0.15, 0.2) is 12.7 Å². The Morgan fingerprint density at radius 2 is 1.57 bits per heavy atom. The Bertz CT molecular complexity index is 35.1. The standard InChI is InChI=1S/C5H9.BrH.Mg/c1-4-5(2)3;;/h4H,1H2,2-3H3;1H;/q-1;;+2/p-1. The van der Waals surface area contributed by atoms with Crippen LogP contribution in [-0.2, 0) is 0 Å². The Kier molecular flexibility index (Phi) is 22.3. The summed E-state index contributed by atoms with van der Waals surface area (Å²) in [7, 11) is 0. The molecule has 7 heavy (non-hydrogen) atoms. The van der Waals surface area contributed by atoms with Crippen molar-refractivity contribution in [2.45, 2.75) is 13.8 Å². The van der Waals surface area contributed by atoms with Crippen LogP contribution >= 0.6 is 0 Å². The van der Waals surface area contributed by atoms with Gasteiger partial charge in [-0.3, -0.25) is 0 Å². The van der Waals surface area contributed by atoms with Crippen molar-refractivity contribution in [1.82, 2.24) is 0 Å². The monoisotopic (exact) mass is 172 g/mol. The van der Waals surface area contributed by atoms with Crippen molar-refractivity contribution < 1.29 is 17.0 Å². The first-order chi connectivity index (χ1) is 2.27. The molecule has 0 aromatic rings. The van der Waals surface area contributed by atoms with E-state index in [1.165, 1.54) is 5.92 Å². The van der Waals surface area contributed by atoms with Gasteiger partial charge in [-0.1, -0.05) is 0 Å². The van der Waals surface area contributed by atoms with Gasteiger partial charge in [0, 0.05) is 0 Å². The fourth-order valence-corrected chi connectivity index (χ4v) is 0. The van der Waals surface area contributed by atoms with Gasteiger partial charge >= 0.3 is 23.1 Å². The molecule has 38 valence electrons. The van der Waals surface area contributed by atoms with Crippen LogP contribution in [0.1, 0.15) is 13.8 Å². The van der Waals surface area contributed by atoms with Crippen molar-refractivity contribution >= 4 is 23.1 Å². The van der Waals surface area contributed by atoms with Gasteiger partial charge in [0.25, 0.3) is 0 Å². The van der Waals surface area contributed by atoms with E-state index in [4.69, 9.17) is 0 Å². The van der Waals surface area contributed by atoms with Gasteiger partial charge in [-0.05, 0) is 0 Å². The maximum absolute atomic E-state index is 3.52. The minimum atomic E-state index is 0. The molecule has 0 amide bonds. The van der Waals surface area contributed by atoms with Crippen molar-refractivity contribution in [3.63, 3.8) is 0 Å². The summed E-state index contributed by atoms with van der Waals surface area (Å²) in [6.45, 7) is 7.56. The van der Waals surface area contributed by atoms with Gasteiger partial charge in [0.2, 0.25) is 0 Å². The molecule has 0 atom stereocenters. The molecule has 0 heterocycles. The zero-order valence-electron chi connectivity index (χ0n) is 4.87. The molecule has 0 spiro atoms. The summed E-state index contributed by atoms with van der Waals surface area (Å²) in [6, 6.07) is 0. The molecule has 2 heteroatoms. The zero-order valence-corrected chi connectivity index (χ0v) is 7.87. The molecular formula is C5H9BrMg. The van der Waals surface area contributed by atoms with Crippen LogP contribution in [0.4, 0.5) is 0 Å². The van der Waals surface area contributed by atoms with Crippen LogP contribution in [-0.4, -0.2) is 23.1 Å². The second-order valence-electron chi connectivity index (χ2n) is 1.28. The molecule has 0 aliphatic heterocycles. The van der Waals surface area contributed by atoms with Crippen molar-refractivity contribution in [3.8, 4) is 0 Å². The zero-order chi connectivity index (χ0) is 4.28. The number of rotatable bonds is 1. The third kappa shape index (κ3) is 19.8. The van der Waals surface area contributed by atoms with Crippen molar-refractivity contribution in [3.05, 3.63) is 18.6 Å². The molecule has 0 aliphatic rings. The average Bonchev–Trinajstić information content (AvgIpc) is 1.38. The Balaban J connectivity index is -0.0000000800. The van der Waals surface area contributed by atoms with Gasteiger partial charge in [0.15, 0.2) is 0 Å². The van der Waals surface area contributed by atoms with Gasteiger partial charge in [-0.15, -0.1) is 13.8 Å². The number of hydrogen-bond donors (Lipinski definition) is 0. The van der Waals surface area contributed by atoms with Gasteiger partial charge < -0.3 is 17.0 Å². The summed E-state index contributed by atoms with van der Waals surface area (Å²) >= 11 is 0. The SMILES string of the molecule is C=C[C-](C)C.[Br-].[Mg+2]. The van der Waals surface area contributed by atoms with Crippen molar-refractivity contribution in [2.24, 2.45) is 0 Å². The van der Waals surface area contributed by atoms with Crippen LogP contribution in [0, 0.1) is 5.92 Å². The van der Waals surface area contributed by atoms with E-state index < -0.39 is 0 Å². The minimum absolute atomic E-state index is 0. The summed E-state index contributed by atoms with van der Waals surface area (Å²) < 4.78 is 0. The molecule has 0 radical (unpaired) electrons. The quantitative estimate of drug-likeness (QED) is 0.331. The van der Waals surface area contributed by atoms with E-state index in [9.17, 15) is 0 Å². The van der Waals surface area contributed by atoms with Crippen molar-refractivity contribution in [1.29, 1.82) is 0 Å². The van der Waals surface area contributed by atoms with Crippen molar-refractivity contribution in [2.75, 3.05) is 0 Å². The van der Waals surface area contributed by atoms with Crippen LogP contribution < -0.4 is 17.0 Å². The Morgan fingerprint density at radius 1 is 1.43 bits per heavy atom. The van der Waals surface area contributed by atoms with Gasteiger partial charge in [0.05, 0.1) is 0 Å². The molecular weight excluding hydrogens is 164 g/mol. The molecule has 0 saturated heterocycles. The largest absolute Gasteiger partial charge is 2.00 e. The number of allylic oxidation sites excluding steroid dienone is 1. The fourth-order valence-electron chi connectivity index (χ4n) is 0. The molecule has 0 N–H and O–H groups in total. The maximum atomic E-state index is 3.52.